The molecule has 6 nitrogen and oxygen atoms in total. The molecule has 1 rings (SSSR count). The molecule has 0 aromatic carbocycles. The standard InChI is InChI=1S/C12H15N3O3S/c1-8(2)14(6-4-5-13)12-10(15(17)18)7-11(19-12)9(3)16/h7-8H,4,6H2,1-3H3. The van der Waals surface area contributed by atoms with E-state index in [1.807, 2.05) is 19.9 Å². The second kappa shape index (κ2) is 6.29. The average molecular weight is 281 g/mol. The van der Waals surface area contributed by atoms with Crippen LogP contribution in [0.15, 0.2) is 6.07 Å². The van der Waals surface area contributed by atoms with Crippen LogP contribution in [0.2, 0.25) is 0 Å². The molecule has 0 N–H and O–H groups in total. The highest BCUT2D eigenvalue weighted by molar-refractivity contribution is 7.18. The summed E-state index contributed by atoms with van der Waals surface area (Å²) in [6.07, 6.45) is 0.280. The third kappa shape index (κ3) is 3.51. The van der Waals surface area contributed by atoms with E-state index in [9.17, 15) is 14.9 Å². The lowest BCUT2D eigenvalue weighted by Crippen LogP contribution is -2.31. The van der Waals surface area contributed by atoms with Crippen molar-refractivity contribution in [1.82, 2.24) is 0 Å². The minimum absolute atomic E-state index is 0.0190. The second-order valence-corrected chi connectivity index (χ2v) is 5.34. The van der Waals surface area contributed by atoms with Gasteiger partial charge in [0.05, 0.1) is 22.3 Å². The minimum Gasteiger partial charge on any atom is -0.354 e. The van der Waals surface area contributed by atoms with E-state index in [1.54, 1.807) is 4.90 Å². The number of hydrogen-bond donors (Lipinski definition) is 0. The van der Waals surface area contributed by atoms with Gasteiger partial charge in [-0.2, -0.15) is 5.26 Å². The Bertz CT molecular complexity index is 531. The van der Waals surface area contributed by atoms with Crippen molar-refractivity contribution in [1.29, 1.82) is 5.26 Å². The number of rotatable bonds is 6. The molecule has 0 fully saturated rings. The van der Waals surface area contributed by atoms with Crippen molar-refractivity contribution in [2.24, 2.45) is 0 Å². The maximum absolute atomic E-state index is 11.4. The molecule has 0 bridgehead atoms. The van der Waals surface area contributed by atoms with Crippen molar-refractivity contribution in [3.8, 4) is 6.07 Å². The Hall–Kier alpha value is -1.94. The molecule has 0 saturated heterocycles. The van der Waals surface area contributed by atoms with Gasteiger partial charge >= 0.3 is 5.69 Å². The third-order valence-corrected chi connectivity index (χ3v) is 3.85. The second-order valence-electron chi connectivity index (χ2n) is 4.31. The zero-order chi connectivity index (χ0) is 14.6. The highest BCUT2D eigenvalue weighted by Crippen LogP contribution is 2.38. The SMILES string of the molecule is CC(=O)c1cc([N+](=O)[O-])c(N(CCC#N)C(C)C)s1. The number of carbonyl (C=O) groups excluding carboxylic acids is 1. The topological polar surface area (TPSA) is 87.2 Å². The number of nitro groups is 1. The van der Waals surface area contributed by atoms with Crippen LogP contribution >= 0.6 is 11.3 Å². The highest BCUT2D eigenvalue weighted by atomic mass is 32.1. The van der Waals surface area contributed by atoms with Gasteiger partial charge in [0.1, 0.15) is 0 Å². The van der Waals surface area contributed by atoms with E-state index in [4.69, 9.17) is 5.26 Å². The van der Waals surface area contributed by atoms with Crippen molar-refractivity contribution in [2.45, 2.75) is 33.2 Å². The van der Waals surface area contributed by atoms with Gasteiger partial charge in [-0.25, -0.2) is 0 Å². The number of nitriles is 1. The van der Waals surface area contributed by atoms with E-state index in [2.05, 4.69) is 0 Å². The van der Waals surface area contributed by atoms with E-state index in [-0.39, 0.29) is 23.9 Å². The first-order chi connectivity index (χ1) is 8.88. The van der Waals surface area contributed by atoms with E-state index in [0.29, 0.717) is 16.4 Å². The zero-order valence-corrected chi connectivity index (χ0v) is 11.9. The first-order valence-corrected chi connectivity index (χ1v) is 6.62. The van der Waals surface area contributed by atoms with E-state index in [0.717, 1.165) is 11.3 Å². The van der Waals surface area contributed by atoms with Gasteiger partial charge in [-0.15, -0.1) is 11.3 Å². The van der Waals surface area contributed by atoms with Crippen molar-refractivity contribution < 1.29 is 9.72 Å². The Morgan fingerprint density at radius 3 is 2.68 bits per heavy atom. The fourth-order valence-corrected chi connectivity index (χ4v) is 2.83. The first-order valence-electron chi connectivity index (χ1n) is 5.81. The third-order valence-electron chi connectivity index (χ3n) is 2.59. The number of nitrogens with zero attached hydrogens (tertiary/aromatic N) is 3. The number of anilines is 1. The molecule has 0 aliphatic heterocycles. The molecule has 1 aromatic heterocycles. The Labute approximate surface area is 115 Å². The Morgan fingerprint density at radius 1 is 1.63 bits per heavy atom. The molecule has 0 radical (unpaired) electrons. The predicted octanol–water partition coefficient (Wildman–Crippen LogP) is 2.99. The summed E-state index contributed by atoms with van der Waals surface area (Å²) in [5.74, 6) is -0.191. The van der Waals surface area contributed by atoms with E-state index in [1.165, 1.54) is 13.0 Å². The summed E-state index contributed by atoms with van der Waals surface area (Å²) in [4.78, 5) is 24.1. The molecule has 0 amide bonds. The van der Waals surface area contributed by atoms with E-state index < -0.39 is 4.92 Å². The lowest BCUT2D eigenvalue weighted by Gasteiger charge is -2.25. The fourth-order valence-electron chi connectivity index (χ4n) is 1.65. The van der Waals surface area contributed by atoms with Gasteiger partial charge in [-0.1, -0.05) is 0 Å². The van der Waals surface area contributed by atoms with Crippen LogP contribution in [0.25, 0.3) is 0 Å². The molecule has 1 aromatic rings. The summed E-state index contributed by atoms with van der Waals surface area (Å²) in [6, 6.07) is 3.36. The van der Waals surface area contributed by atoms with Gasteiger partial charge in [0.2, 0.25) is 0 Å². The maximum Gasteiger partial charge on any atom is 0.304 e. The van der Waals surface area contributed by atoms with Crippen LogP contribution in [-0.4, -0.2) is 23.3 Å². The fraction of sp³-hybridized carbons (Fsp3) is 0.500. The molecule has 102 valence electrons. The number of Topliss-reactive ketones (excluding diaryl/α,β-unsaturated/α-hetero) is 1. The van der Waals surface area contributed by atoms with Crippen LogP contribution in [0.4, 0.5) is 10.7 Å². The van der Waals surface area contributed by atoms with Crippen LogP contribution in [0, 0.1) is 21.4 Å². The number of ketones is 1. The molecule has 0 atom stereocenters. The van der Waals surface area contributed by atoms with Gasteiger partial charge < -0.3 is 4.90 Å². The maximum atomic E-state index is 11.4. The van der Waals surface area contributed by atoms with Crippen molar-refractivity contribution in [3.63, 3.8) is 0 Å². The van der Waals surface area contributed by atoms with Gasteiger partial charge in [-0.3, -0.25) is 14.9 Å². The number of thiophene rings is 1. The van der Waals surface area contributed by atoms with Gasteiger partial charge in [0.25, 0.3) is 0 Å². The molecule has 0 aliphatic carbocycles. The molecule has 1 heterocycles. The summed E-state index contributed by atoms with van der Waals surface area (Å²) in [6.45, 7) is 5.59. The smallest absolute Gasteiger partial charge is 0.304 e. The Balaban J connectivity index is 3.24. The molecule has 7 heteroatoms. The minimum atomic E-state index is -0.486. The number of hydrogen-bond acceptors (Lipinski definition) is 6. The molecule has 0 aliphatic rings. The normalized spacial score (nSPS) is 10.3. The average Bonchev–Trinajstić information content (AvgIpc) is 2.74. The van der Waals surface area contributed by atoms with Gasteiger partial charge in [0.15, 0.2) is 10.8 Å². The van der Waals surface area contributed by atoms with Crippen molar-refractivity contribution in [3.05, 3.63) is 21.1 Å². The summed E-state index contributed by atoms with van der Waals surface area (Å²) in [7, 11) is 0. The number of carbonyl (C=O) groups is 1. The quantitative estimate of drug-likeness (QED) is 0.454. The molecule has 19 heavy (non-hydrogen) atoms. The Kier molecular flexibility index (Phi) is 5.01. The lowest BCUT2D eigenvalue weighted by molar-refractivity contribution is -0.383. The molecule has 0 spiro atoms. The molecular weight excluding hydrogens is 266 g/mol. The van der Waals surface area contributed by atoms with Crippen LogP contribution in [0.1, 0.15) is 36.9 Å². The summed E-state index contributed by atoms with van der Waals surface area (Å²) in [5.41, 5.74) is -0.0677. The van der Waals surface area contributed by atoms with Crippen LogP contribution in [-0.2, 0) is 0 Å². The lowest BCUT2D eigenvalue weighted by atomic mass is 10.2. The largest absolute Gasteiger partial charge is 0.354 e. The monoisotopic (exact) mass is 281 g/mol. The summed E-state index contributed by atoms with van der Waals surface area (Å²) >= 11 is 1.11. The van der Waals surface area contributed by atoms with Crippen LogP contribution in [0.3, 0.4) is 0 Å². The molecular formula is C12H15N3O3S. The summed E-state index contributed by atoms with van der Waals surface area (Å²) in [5, 5.41) is 20.2. The van der Waals surface area contributed by atoms with Crippen molar-refractivity contribution >= 4 is 27.8 Å². The molecule has 0 unspecified atom stereocenters. The van der Waals surface area contributed by atoms with Crippen LogP contribution in [0.5, 0.6) is 0 Å². The van der Waals surface area contributed by atoms with Crippen molar-refractivity contribution in [2.75, 3.05) is 11.4 Å². The van der Waals surface area contributed by atoms with Gasteiger partial charge in [-0.05, 0) is 20.8 Å². The summed E-state index contributed by atoms with van der Waals surface area (Å²) < 4.78 is 0. The van der Waals surface area contributed by atoms with Crippen LogP contribution < -0.4 is 4.90 Å². The highest BCUT2D eigenvalue weighted by Gasteiger charge is 2.26. The first kappa shape index (κ1) is 15.1. The predicted molar refractivity (Wildman–Crippen MR) is 73.7 cm³/mol. The van der Waals surface area contributed by atoms with Gasteiger partial charge in [0, 0.05) is 18.7 Å². The zero-order valence-electron chi connectivity index (χ0n) is 11.0. The van der Waals surface area contributed by atoms with E-state index >= 15 is 0 Å². The Morgan fingerprint density at radius 2 is 2.26 bits per heavy atom. The molecule has 0 saturated carbocycles.